The summed E-state index contributed by atoms with van der Waals surface area (Å²) in [5.41, 5.74) is 1.43. The Morgan fingerprint density at radius 1 is 1.14 bits per heavy atom. The maximum atomic E-state index is 14.7. The van der Waals surface area contributed by atoms with E-state index < -0.39 is 37.6 Å². The number of carbonyl (C=O) groups is 2. The highest BCUT2D eigenvalue weighted by atomic mass is 19.4. The van der Waals surface area contributed by atoms with Crippen molar-refractivity contribution in [3.63, 3.8) is 0 Å². The molecule has 1 aliphatic rings. The van der Waals surface area contributed by atoms with E-state index in [-0.39, 0.29) is 35.1 Å². The van der Waals surface area contributed by atoms with Crippen LogP contribution in [0.2, 0.25) is 0 Å². The van der Waals surface area contributed by atoms with Crippen molar-refractivity contribution in [3.05, 3.63) is 53.7 Å². The quantitative estimate of drug-likeness (QED) is 0.275. The molecule has 0 spiro atoms. The number of alkyl halides is 4. The SMILES string of the molecule is CNC(=O)c1ccc(NC(=O)OCC#Cc2cc3c(N[C@@H]4CCN(C)C[C@@H]4F)cccc3n2CC(F)(F)F)c(OC)c1. The summed E-state index contributed by atoms with van der Waals surface area (Å²) in [6.45, 7) is -0.734. The summed E-state index contributed by atoms with van der Waals surface area (Å²) < 4.78 is 66.5. The van der Waals surface area contributed by atoms with E-state index in [4.69, 9.17) is 9.47 Å². The zero-order valence-corrected chi connectivity index (χ0v) is 23.3. The number of ether oxygens (including phenoxy) is 2. The fourth-order valence-corrected chi connectivity index (χ4v) is 4.74. The summed E-state index contributed by atoms with van der Waals surface area (Å²) in [5.74, 6) is 5.14. The molecule has 0 saturated carbocycles. The molecule has 1 saturated heterocycles. The van der Waals surface area contributed by atoms with Gasteiger partial charge >= 0.3 is 12.3 Å². The van der Waals surface area contributed by atoms with Crippen LogP contribution in [0.4, 0.5) is 33.7 Å². The minimum absolute atomic E-state index is 0.0622. The van der Waals surface area contributed by atoms with Crippen LogP contribution in [0.5, 0.6) is 5.75 Å². The number of amides is 2. The third-order valence-electron chi connectivity index (χ3n) is 6.79. The van der Waals surface area contributed by atoms with Crippen molar-refractivity contribution in [2.75, 3.05) is 51.5 Å². The predicted octanol–water partition coefficient (Wildman–Crippen LogP) is 4.63. The third-order valence-corrected chi connectivity index (χ3v) is 6.79. The average molecular weight is 590 g/mol. The number of likely N-dealkylation sites (tertiary alicyclic amines) is 1. The molecule has 224 valence electrons. The molecule has 0 bridgehead atoms. The zero-order valence-electron chi connectivity index (χ0n) is 23.3. The van der Waals surface area contributed by atoms with Gasteiger partial charge in [0, 0.05) is 36.8 Å². The van der Waals surface area contributed by atoms with Gasteiger partial charge in [0.15, 0.2) is 6.61 Å². The van der Waals surface area contributed by atoms with Crippen LogP contribution in [0.1, 0.15) is 22.5 Å². The molecule has 2 amide bonds. The fraction of sp³-hybridized carbons (Fsp3) is 0.379. The van der Waals surface area contributed by atoms with Gasteiger partial charge in [-0.1, -0.05) is 12.0 Å². The van der Waals surface area contributed by atoms with E-state index in [2.05, 4.69) is 27.8 Å². The lowest BCUT2D eigenvalue weighted by Crippen LogP contribution is -2.46. The highest BCUT2D eigenvalue weighted by Gasteiger charge is 2.31. The first-order valence-corrected chi connectivity index (χ1v) is 13.1. The maximum absolute atomic E-state index is 14.7. The maximum Gasteiger partial charge on any atom is 0.412 e. The number of anilines is 2. The van der Waals surface area contributed by atoms with Crippen molar-refractivity contribution in [2.45, 2.75) is 31.4 Å². The molecule has 13 heteroatoms. The number of carbonyl (C=O) groups excluding carboxylic acids is 2. The summed E-state index contributed by atoms with van der Waals surface area (Å²) in [6.07, 6.45) is -5.98. The predicted molar refractivity (Wildman–Crippen MR) is 151 cm³/mol. The number of aromatic nitrogens is 1. The summed E-state index contributed by atoms with van der Waals surface area (Å²) in [6, 6.07) is 10.3. The molecule has 1 aliphatic heterocycles. The van der Waals surface area contributed by atoms with Gasteiger partial charge in [0.05, 0.1) is 30.0 Å². The molecule has 1 fully saturated rings. The van der Waals surface area contributed by atoms with Gasteiger partial charge in [0.2, 0.25) is 0 Å². The Balaban J connectivity index is 1.50. The lowest BCUT2D eigenvalue weighted by molar-refractivity contribution is -0.140. The van der Waals surface area contributed by atoms with E-state index in [0.717, 1.165) is 4.57 Å². The molecule has 9 nitrogen and oxygen atoms in total. The number of halogens is 4. The summed E-state index contributed by atoms with van der Waals surface area (Å²) in [7, 11) is 4.69. The first kappa shape index (κ1) is 30.5. The van der Waals surface area contributed by atoms with Crippen LogP contribution in [-0.2, 0) is 11.3 Å². The van der Waals surface area contributed by atoms with Crippen LogP contribution in [-0.4, -0.2) is 80.8 Å². The minimum Gasteiger partial charge on any atom is -0.495 e. The number of rotatable bonds is 7. The fourth-order valence-electron chi connectivity index (χ4n) is 4.74. The molecule has 4 rings (SSSR count). The molecule has 0 radical (unpaired) electrons. The summed E-state index contributed by atoms with van der Waals surface area (Å²) >= 11 is 0. The number of nitrogens with one attached hydrogen (secondary N) is 3. The van der Waals surface area contributed by atoms with Gasteiger partial charge in [0.1, 0.15) is 18.5 Å². The molecule has 42 heavy (non-hydrogen) atoms. The van der Waals surface area contributed by atoms with Gasteiger partial charge in [-0.3, -0.25) is 10.1 Å². The van der Waals surface area contributed by atoms with Gasteiger partial charge in [-0.25, -0.2) is 9.18 Å². The molecule has 2 atom stereocenters. The van der Waals surface area contributed by atoms with Crippen LogP contribution in [0.15, 0.2) is 42.5 Å². The molecule has 3 N–H and O–H groups in total. The molecule has 3 aromatic rings. The molecule has 0 unspecified atom stereocenters. The number of piperidine rings is 1. The van der Waals surface area contributed by atoms with Crippen molar-refractivity contribution < 1.29 is 36.6 Å². The van der Waals surface area contributed by atoms with E-state index >= 15 is 0 Å². The average Bonchev–Trinajstić information content (AvgIpc) is 3.28. The normalized spacial score (nSPS) is 17.2. The van der Waals surface area contributed by atoms with Crippen LogP contribution in [0.25, 0.3) is 10.9 Å². The lowest BCUT2D eigenvalue weighted by Gasteiger charge is -2.33. The largest absolute Gasteiger partial charge is 0.495 e. The van der Waals surface area contributed by atoms with Crippen LogP contribution in [0.3, 0.4) is 0 Å². The van der Waals surface area contributed by atoms with Gasteiger partial charge in [0.25, 0.3) is 5.91 Å². The summed E-state index contributed by atoms with van der Waals surface area (Å²) in [4.78, 5) is 26.0. The zero-order chi connectivity index (χ0) is 30.4. The van der Waals surface area contributed by atoms with E-state index in [9.17, 15) is 27.2 Å². The van der Waals surface area contributed by atoms with Crippen LogP contribution >= 0.6 is 0 Å². The van der Waals surface area contributed by atoms with Crippen molar-refractivity contribution in [1.29, 1.82) is 0 Å². The molecular formula is C29H31F4N5O4. The number of methoxy groups -OCH3 is 1. The van der Waals surface area contributed by atoms with Gasteiger partial charge in [-0.2, -0.15) is 13.2 Å². The Bertz CT molecular complexity index is 1510. The van der Waals surface area contributed by atoms with Gasteiger partial charge in [-0.15, -0.1) is 0 Å². The number of nitrogens with zero attached hydrogens (tertiary/aromatic N) is 2. The molecule has 2 aromatic carbocycles. The number of benzene rings is 2. The highest BCUT2D eigenvalue weighted by molar-refractivity contribution is 5.96. The minimum atomic E-state index is -4.52. The van der Waals surface area contributed by atoms with Crippen molar-refractivity contribution in [1.82, 2.24) is 14.8 Å². The number of hydrogen-bond donors (Lipinski definition) is 3. The first-order valence-electron chi connectivity index (χ1n) is 13.1. The van der Waals surface area contributed by atoms with Crippen LogP contribution < -0.4 is 20.7 Å². The van der Waals surface area contributed by atoms with Crippen molar-refractivity contribution in [2.24, 2.45) is 0 Å². The van der Waals surface area contributed by atoms with E-state index in [0.29, 0.717) is 29.6 Å². The van der Waals surface area contributed by atoms with Gasteiger partial charge in [-0.05, 0) is 55.8 Å². The Kier molecular flexibility index (Phi) is 9.47. The lowest BCUT2D eigenvalue weighted by atomic mass is 10.0. The van der Waals surface area contributed by atoms with Crippen LogP contribution in [0, 0.1) is 11.8 Å². The Labute approximate surface area is 240 Å². The molecule has 2 heterocycles. The van der Waals surface area contributed by atoms with E-state index in [1.807, 2.05) is 11.9 Å². The Morgan fingerprint density at radius 3 is 2.62 bits per heavy atom. The van der Waals surface area contributed by atoms with E-state index in [1.165, 1.54) is 38.4 Å². The first-order chi connectivity index (χ1) is 20.0. The smallest absolute Gasteiger partial charge is 0.412 e. The molecular weight excluding hydrogens is 558 g/mol. The summed E-state index contributed by atoms with van der Waals surface area (Å²) in [5, 5.41) is 8.61. The van der Waals surface area contributed by atoms with E-state index in [1.54, 1.807) is 18.2 Å². The third kappa shape index (κ3) is 7.44. The Morgan fingerprint density at radius 2 is 1.93 bits per heavy atom. The second-order valence-corrected chi connectivity index (χ2v) is 9.78. The second kappa shape index (κ2) is 13.0. The number of fused-ring (bicyclic) bond motifs is 1. The molecule has 0 aliphatic carbocycles. The van der Waals surface area contributed by atoms with Gasteiger partial charge < -0.3 is 29.6 Å². The second-order valence-electron chi connectivity index (χ2n) is 9.78. The monoisotopic (exact) mass is 589 g/mol. The Hall–Kier alpha value is -4.44. The standard InChI is InChI=1S/C29H31F4N5O4/c1-34-27(39)18-9-10-24(26(14-18)41-3)36-28(40)42-13-5-6-19-15-20-22(35-23-11-12-37(2)16-21(23)30)7-4-8-25(20)38(19)17-29(31,32)33/h4,7-10,14-15,21,23,35H,11-13,16-17H2,1-3H3,(H,34,39)(H,36,40)/t21-,23+/m0/s1. The highest BCUT2D eigenvalue weighted by Crippen LogP contribution is 2.32. The van der Waals surface area contributed by atoms with Crippen molar-refractivity contribution >= 4 is 34.3 Å². The topological polar surface area (TPSA) is 96.9 Å². The number of hydrogen-bond acceptors (Lipinski definition) is 6. The molecule has 1 aromatic heterocycles. The van der Waals surface area contributed by atoms with Crippen molar-refractivity contribution in [3.8, 4) is 17.6 Å².